The molecule has 0 saturated heterocycles. The highest BCUT2D eigenvalue weighted by atomic mass is 32.1. The molecule has 2 rings (SSSR count). The van der Waals surface area contributed by atoms with Gasteiger partial charge in [0, 0.05) is 37.1 Å². The first-order chi connectivity index (χ1) is 9.06. The fraction of sp³-hybridized carbons (Fsp3) is 0.167. The Kier molecular flexibility index (Phi) is 3.86. The van der Waals surface area contributed by atoms with Crippen LogP contribution in [-0.4, -0.2) is 25.7 Å². The predicted molar refractivity (Wildman–Crippen MR) is 74.5 cm³/mol. The lowest BCUT2D eigenvalue weighted by atomic mass is 10.2. The Bertz CT molecular complexity index is 605. The Morgan fingerprint density at radius 2 is 2.26 bits per heavy atom. The first-order valence-corrected chi connectivity index (χ1v) is 5.98. The molecular formula is C12H13N5OS. The SMILES string of the molecule is Cn1cc(CNC(=O)c2ccc(C(N)=S)cn2)cn1. The van der Waals surface area contributed by atoms with E-state index in [9.17, 15) is 4.79 Å². The monoisotopic (exact) mass is 275 g/mol. The average molecular weight is 275 g/mol. The van der Waals surface area contributed by atoms with Gasteiger partial charge in [-0.2, -0.15) is 5.10 Å². The highest BCUT2D eigenvalue weighted by molar-refractivity contribution is 7.80. The molecule has 2 aromatic rings. The highest BCUT2D eigenvalue weighted by Gasteiger charge is 2.07. The number of thiocarbonyl (C=S) groups is 1. The van der Waals surface area contributed by atoms with Gasteiger partial charge in [-0.1, -0.05) is 12.2 Å². The van der Waals surface area contributed by atoms with Crippen LogP contribution in [0.15, 0.2) is 30.7 Å². The van der Waals surface area contributed by atoms with Crippen LogP contribution in [0.4, 0.5) is 0 Å². The number of carbonyl (C=O) groups excluding carboxylic acids is 1. The summed E-state index contributed by atoms with van der Waals surface area (Å²) in [7, 11) is 1.82. The summed E-state index contributed by atoms with van der Waals surface area (Å²) in [6.45, 7) is 0.408. The van der Waals surface area contributed by atoms with Gasteiger partial charge in [0.25, 0.3) is 5.91 Å². The normalized spacial score (nSPS) is 10.2. The molecular weight excluding hydrogens is 262 g/mol. The molecule has 3 N–H and O–H groups in total. The molecule has 0 fully saturated rings. The van der Waals surface area contributed by atoms with Gasteiger partial charge in [-0.15, -0.1) is 0 Å². The summed E-state index contributed by atoms with van der Waals surface area (Å²) in [5.74, 6) is -0.252. The number of carbonyl (C=O) groups is 1. The predicted octanol–water partition coefficient (Wildman–Crippen LogP) is 0.379. The molecule has 1 amide bonds. The summed E-state index contributed by atoms with van der Waals surface area (Å²) < 4.78 is 1.68. The molecule has 0 saturated carbocycles. The van der Waals surface area contributed by atoms with Crippen molar-refractivity contribution in [1.29, 1.82) is 0 Å². The van der Waals surface area contributed by atoms with Crippen LogP contribution < -0.4 is 11.1 Å². The van der Waals surface area contributed by atoms with Gasteiger partial charge in [0.05, 0.1) is 6.20 Å². The van der Waals surface area contributed by atoms with Crippen LogP contribution in [0.3, 0.4) is 0 Å². The second kappa shape index (κ2) is 5.57. The highest BCUT2D eigenvalue weighted by Crippen LogP contribution is 2.01. The number of nitrogens with zero attached hydrogens (tertiary/aromatic N) is 3. The van der Waals surface area contributed by atoms with Crippen molar-refractivity contribution in [3.63, 3.8) is 0 Å². The maximum atomic E-state index is 11.8. The number of hydrogen-bond donors (Lipinski definition) is 2. The van der Waals surface area contributed by atoms with Crippen molar-refractivity contribution in [1.82, 2.24) is 20.1 Å². The fourth-order valence-corrected chi connectivity index (χ4v) is 1.63. The van der Waals surface area contributed by atoms with E-state index >= 15 is 0 Å². The average Bonchev–Trinajstić information content (AvgIpc) is 2.82. The minimum atomic E-state index is -0.252. The van der Waals surface area contributed by atoms with Crippen LogP contribution in [0.25, 0.3) is 0 Å². The van der Waals surface area contributed by atoms with Crippen LogP contribution >= 0.6 is 12.2 Å². The zero-order chi connectivity index (χ0) is 13.8. The third-order valence-electron chi connectivity index (χ3n) is 2.49. The van der Waals surface area contributed by atoms with Gasteiger partial charge in [-0.05, 0) is 12.1 Å². The summed E-state index contributed by atoms with van der Waals surface area (Å²) in [4.78, 5) is 16.1. The zero-order valence-electron chi connectivity index (χ0n) is 10.3. The molecule has 2 heterocycles. The maximum absolute atomic E-state index is 11.8. The first-order valence-electron chi connectivity index (χ1n) is 5.58. The van der Waals surface area contributed by atoms with Crippen molar-refractivity contribution >= 4 is 23.1 Å². The molecule has 19 heavy (non-hydrogen) atoms. The Labute approximate surface area is 115 Å². The van der Waals surface area contributed by atoms with E-state index in [0.29, 0.717) is 17.8 Å². The van der Waals surface area contributed by atoms with Crippen molar-refractivity contribution in [2.24, 2.45) is 12.8 Å². The second-order valence-corrected chi connectivity index (χ2v) is 4.44. The van der Waals surface area contributed by atoms with Crippen LogP contribution in [-0.2, 0) is 13.6 Å². The smallest absolute Gasteiger partial charge is 0.270 e. The minimum Gasteiger partial charge on any atom is -0.389 e. The van der Waals surface area contributed by atoms with Crippen molar-refractivity contribution in [3.05, 3.63) is 47.5 Å². The molecule has 0 aliphatic rings. The molecule has 0 bridgehead atoms. The molecule has 6 nitrogen and oxygen atoms in total. The Morgan fingerprint density at radius 3 is 2.79 bits per heavy atom. The van der Waals surface area contributed by atoms with Crippen LogP contribution in [0, 0.1) is 0 Å². The first kappa shape index (κ1) is 13.2. The Morgan fingerprint density at radius 1 is 1.47 bits per heavy atom. The number of hydrogen-bond acceptors (Lipinski definition) is 4. The minimum absolute atomic E-state index is 0.252. The van der Waals surface area contributed by atoms with Crippen molar-refractivity contribution < 1.29 is 4.79 Å². The van der Waals surface area contributed by atoms with Gasteiger partial charge in [-0.3, -0.25) is 14.5 Å². The lowest BCUT2D eigenvalue weighted by Crippen LogP contribution is -2.24. The quantitative estimate of drug-likeness (QED) is 0.788. The third kappa shape index (κ3) is 3.35. The second-order valence-electron chi connectivity index (χ2n) is 4.00. The zero-order valence-corrected chi connectivity index (χ0v) is 11.1. The van der Waals surface area contributed by atoms with Crippen molar-refractivity contribution in [3.8, 4) is 0 Å². The number of pyridine rings is 1. The van der Waals surface area contributed by atoms with E-state index in [2.05, 4.69) is 15.4 Å². The van der Waals surface area contributed by atoms with E-state index < -0.39 is 0 Å². The number of aryl methyl sites for hydroxylation is 1. The van der Waals surface area contributed by atoms with Crippen LogP contribution in [0.1, 0.15) is 21.6 Å². The van der Waals surface area contributed by atoms with Crippen LogP contribution in [0.2, 0.25) is 0 Å². The molecule has 0 unspecified atom stereocenters. The Hall–Kier alpha value is -2.28. The van der Waals surface area contributed by atoms with Crippen molar-refractivity contribution in [2.75, 3.05) is 0 Å². The summed E-state index contributed by atoms with van der Waals surface area (Å²) in [6, 6.07) is 3.27. The van der Waals surface area contributed by atoms with Gasteiger partial charge >= 0.3 is 0 Å². The Balaban J connectivity index is 1.98. The van der Waals surface area contributed by atoms with Gasteiger partial charge in [0.2, 0.25) is 0 Å². The molecule has 98 valence electrons. The number of nitrogens with two attached hydrogens (primary N) is 1. The number of rotatable bonds is 4. The fourth-order valence-electron chi connectivity index (χ4n) is 1.51. The molecule has 0 aliphatic heterocycles. The summed E-state index contributed by atoms with van der Waals surface area (Å²) in [6.07, 6.45) is 5.02. The number of aromatic nitrogens is 3. The molecule has 7 heteroatoms. The van der Waals surface area contributed by atoms with Gasteiger partial charge < -0.3 is 11.1 Å². The molecule has 0 radical (unpaired) electrons. The summed E-state index contributed by atoms with van der Waals surface area (Å²) in [5.41, 5.74) is 7.35. The lowest BCUT2D eigenvalue weighted by Gasteiger charge is -2.03. The molecule has 0 spiro atoms. The summed E-state index contributed by atoms with van der Waals surface area (Å²) in [5, 5.41) is 6.78. The van der Waals surface area contributed by atoms with E-state index in [1.807, 2.05) is 13.2 Å². The van der Waals surface area contributed by atoms with E-state index in [1.165, 1.54) is 6.20 Å². The number of amides is 1. The standard InChI is InChI=1S/C12H13N5OS/c1-17-7-8(5-16-17)4-15-12(18)10-3-2-9(6-14-10)11(13)19/h2-3,5-7H,4H2,1H3,(H2,13,19)(H,15,18). The van der Waals surface area contributed by atoms with Gasteiger partial charge in [0.15, 0.2) is 0 Å². The molecule has 0 aromatic carbocycles. The molecule has 2 aromatic heterocycles. The lowest BCUT2D eigenvalue weighted by molar-refractivity contribution is 0.0946. The molecule has 0 atom stereocenters. The van der Waals surface area contributed by atoms with E-state index in [1.54, 1.807) is 23.0 Å². The third-order valence-corrected chi connectivity index (χ3v) is 2.73. The maximum Gasteiger partial charge on any atom is 0.270 e. The largest absolute Gasteiger partial charge is 0.389 e. The van der Waals surface area contributed by atoms with E-state index in [0.717, 1.165) is 5.56 Å². The van der Waals surface area contributed by atoms with Crippen molar-refractivity contribution in [2.45, 2.75) is 6.54 Å². The topological polar surface area (TPSA) is 85.8 Å². The summed E-state index contributed by atoms with van der Waals surface area (Å²) >= 11 is 4.82. The van der Waals surface area contributed by atoms with Gasteiger partial charge in [0.1, 0.15) is 10.7 Å². The van der Waals surface area contributed by atoms with E-state index in [-0.39, 0.29) is 10.9 Å². The number of nitrogens with one attached hydrogen (secondary N) is 1. The van der Waals surface area contributed by atoms with Crippen LogP contribution in [0.5, 0.6) is 0 Å². The van der Waals surface area contributed by atoms with E-state index in [4.69, 9.17) is 18.0 Å². The molecule has 0 aliphatic carbocycles. The van der Waals surface area contributed by atoms with Gasteiger partial charge in [-0.25, -0.2) is 0 Å².